The lowest BCUT2D eigenvalue weighted by Crippen LogP contribution is -2.30. The molecule has 2 fully saturated rings. The summed E-state index contributed by atoms with van der Waals surface area (Å²) in [6.07, 6.45) is 8.84. The highest BCUT2D eigenvalue weighted by Crippen LogP contribution is 2.46. The number of phenols is 1. The van der Waals surface area contributed by atoms with Gasteiger partial charge in [-0.1, -0.05) is 30.5 Å². The first-order valence-electron chi connectivity index (χ1n) is 10.3. The van der Waals surface area contributed by atoms with Gasteiger partial charge in [0.2, 0.25) is 0 Å². The molecule has 2 N–H and O–H groups in total. The van der Waals surface area contributed by atoms with E-state index in [1.807, 2.05) is 23.1 Å². The number of aromatic nitrogens is 2. The van der Waals surface area contributed by atoms with E-state index in [1.165, 1.54) is 25.7 Å². The normalized spacial score (nSPS) is 21.9. The molecule has 2 aromatic heterocycles. The maximum Gasteiger partial charge on any atom is 0.174 e. The van der Waals surface area contributed by atoms with E-state index in [-0.39, 0.29) is 17.8 Å². The van der Waals surface area contributed by atoms with Gasteiger partial charge in [-0.3, -0.25) is 4.98 Å². The van der Waals surface area contributed by atoms with Crippen molar-refractivity contribution in [1.29, 1.82) is 0 Å². The highest BCUT2D eigenvalue weighted by molar-refractivity contribution is 7.80. The van der Waals surface area contributed by atoms with Crippen LogP contribution >= 0.6 is 23.8 Å². The fourth-order valence-corrected chi connectivity index (χ4v) is 5.28. The average Bonchev–Trinajstić information content (AvgIpc) is 3.49. The summed E-state index contributed by atoms with van der Waals surface area (Å²) in [6, 6.07) is 15.4. The number of nitrogens with zero attached hydrogens (tertiary/aromatic N) is 3. The number of hydrogen-bond donors (Lipinski definition) is 2. The van der Waals surface area contributed by atoms with Gasteiger partial charge in [-0.2, -0.15) is 0 Å². The predicted molar refractivity (Wildman–Crippen MR) is 123 cm³/mol. The van der Waals surface area contributed by atoms with E-state index in [4.69, 9.17) is 23.8 Å². The van der Waals surface area contributed by atoms with E-state index in [0.717, 1.165) is 11.4 Å². The molecule has 7 heteroatoms. The second-order valence-electron chi connectivity index (χ2n) is 7.91. The van der Waals surface area contributed by atoms with E-state index in [1.54, 1.807) is 24.4 Å². The zero-order valence-electron chi connectivity index (χ0n) is 16.4. The highest BCUT2D eigenvalue weighted by atomic mass is 35.5. The number of thiocarbonyl (C=S) groups is 1. The van der Waals surface area contributed by atoms with Crippen molar-refractivity contribution in [3.8, 4) is 5.75 Å². The number of halogens is 1. The number of rotatable bonds is 4. The van der Waals surface area contributed by atoms with Gasteiger partial charge in [0.25, 0.3) is 0 Å². The average molecular weight is 439 g/mol. The molecule has 1 saturated heterocycles. The highest BCUT2D eigenvalue weighted by Gasteiger charge is 2.43. The van der Waals surface area contributed by atoms with Crippen LogP contribution in [0.1, 0.15) is 55.2 Å². The molecule has 1 aliphatic heterocycles. The fourth-order valence-electron chi connectivity index (χ4n) is 4.78. The maximum atomic E-state index is 10.7. The molecule has 1 saturated carbocycles. The summed E-state index contributed by atoms with van der Waals surface area (Å²) in [5.41, 5.74) is 2.67. The van der Waals surface area contributed by atoms with Crippen LogP contribution in [-0.2, 0) is 0 Å². The van der Waals surface area contributed by atoms with Crippen LogP contribution in [0.15, 0.2) is 60.9 Å². The quantitative estimate of drug-likeness (QED) is 0.524. The molecule has 0 amide bonds. The predicted octanol–water partition coefficient (Wildman–Crippen LogP) is 5.53. The van der Waals surface area contributed by atoms with Crippen LogP contribution in [0.5, 0.6) is 5.75 Å². The Hall–Kier alpha value is -2.57. The third-order valence-electron chi connectivity index (χ3n) is 6.13. The molecule has 0 radical (unpaired) electrons. The Morgan fingerprint density at radius 2 is 1.93 bits per heavy atom. The molecule has 1 aliphatic carbocycles. The van der Waals surface area contributed by atoms with Crippen molar-refractivity contribution in [2.24, 2.45) is 0 Å². The van der Waals surface area contributed by atoms with Crippen molar-refractivity contribution < 1.29 is 5.11 Å². The summed E-state index contributed by atoms with van der Waals surface area (Å²) in [6.45, 7) is 0. The van der Waals surface area contributed by atoms with E-state index >= 15 is 0 Å². The van der Waals surface area contributed by atoms with E-state index in [0.29, 0.717) is 21.9 Å². The summed E-state index contributed by atoms with van der Waals surface area (Å²) in [5, 5.41) is 15.2. The van der Waals surface area contributed by atoms with Gasteiger partial charge in [0.1, 0.15) is 11.8 Å². The molecule has 3 heterocycles. The second-order valence-corrected chi connectivity index (χ2v) is 8.73. The van der Waals surface area contributed by atoms with E-state index in [9.17, 15) is 5.11 Å². The second kappa shape index (κ2) is 7.93. The van der Waals surface area contributed by atoms with Crippen molar-refractivity contribution in [3.05, 3.63) is 77.3 Å². The lowest BCUT2D eigenvalue weighted by atomic mass is 10.00. The third-order valence-corrected chi connectivity index (χ3v) is 6.68. The van der Waals surface area contributed by atoms with Crippen molar-refractivity contribution >= 4 is 34.6 Å². The Kier molecular flexibility index (Phi) is 5.13. The van der Waals surface area contributed by atoms with Crippen LogP contribution in [0, 0.1) is 0 Å². The van der Waals surface area contributed by atoms with Crippen molar-refractivity contribution in [3.63, 3.8) is 0 Å². The molecule has 154 valence electrons. The van der Waals surface area contributed by atoms with Crippen LogP contribution in [0.2, 0.25) is 5.02 Å². The molecule has 1 aromatic carbocycles. The minimum Gasteiger partial charge on any atom is -0.506 e. The Balaban J connectivity index is 1.66. The zero-order chi connectivity index (χ0) is 20.7. The topological polar surface area (TPSA) is 53.3 Å². The molecule has 0 unspecified atom stereocenters. The number of phenolic OH excluding ortho intramolecular Hbond substituents is 1. The van der Waals surface area contributed by atoms with E-state index in [2.05, 4.69) is 33.2 Å². The largest absolute Gasteiger partial charge is 0.506 e. The van der Waals surface area contributed by atoms with Gasteiger partial charge < -0.3 is 19.9 Å². The Labute approximate surface area is 186 Å². The van der Waals surface area contributed by atoms with Crippen LogP contribution in [0.4, 0.5) is 5.69 Å². The number of benzene rings is 1. The summed E-state index contributed by atoms with van der Waals surface area (Å²) >= 11 is 12.0. The molecule has 3 aromatic rings. The first-order valence-corrected chi connectivity index (χ1v) is 11.1. The van der Waals surface area contributed by atoms with Gasteiger partial charge in [-0.15, -0.1) is 0 Å². The molecule has 5 rings (SSSR count). The smallest absolute Gasteiger partial charge is 0.174 e. The van der Waals surface area contributed by atoms with Crippen LogP contribution in [-0.4, -0.2) is 19.8 Å². The number of pyridine rings is 1. The minimum absolute atomic E-state index is 0.146. The van der Waals surface area contributed by atoms with Gasteiger partial charge in [0, 0.05) is 29.2 Å². The molecular formula is C23H23ClN4OS. The molecule has 0 bridgehead atoms. The number of hydrogen-bond acceptors (Lipinski definition) is 3. The number of anilines is 1. The number of aromatic hydroxyl groups is 1. The SMILES string of the molecule is Oc1ccc(Cl)cc1N1C(=S)N[C@@H](c2ccccn2)[C@@H]1c1cccn1C1CCCC1. The van der Waals surface area contributed by atoms with E-state index < -0.39 is 0 Å². The molecule has 30 heavy (non-hydrogen) atoms. The fraction of sp³-hybridized carbons (Fsp3) is 0.304. The van der Waals surface area contributed by atoms with Crippen molar-refractivity contribution in [1.82, 2.24) is 14.9 Å². The zero-order valence-corrected chi connectivity index (χ0v) is 18.0. The summed E-state index contributed by atoms with van der Waals surface area (Å²) < 4.78 is 2.39. The summed E-state index contributed by atoms with van der Waals surface area (Å²) in [5.74, 6) is 0.147. The third kappa shape index (κ3) is 3.34. The lowest BCUT2D eigenvalue weighted by molar-refractivity contribution is 0.454. The Bertz CT molecular complexity index is 1060. The van der Waals surface area contributed by atoms with Gasteiger partial charge in [-0.25, -0.2) is 0 Å². The van der Waals surface area contributed by atoms with Gasteiger partial charge in [-0.05, 0) is 67.5 Å². The lowest BCUT2D eigenvalue weighted by Gasteiger charge is -2.30. The van der Waals surface area contributed by atoms with Gasteiger partial charge in [0.15, 0.2) is 5.11 Å². The first-order chi connectivity index (χ1) is 14.6. The number of nitrogens with one attached hydrogen (secondary N) is 1. The van der Waals surface area contributed by atoms with Crippen LogP contribution in [0.3, 0.4) is 0 Å². The van der Waals surface area contributed by atoms with Crippen molar-refractivity contribution in [2.75, 3.05) is 4.90 Å². The Morgan fingerprint density at radius 1 is 1.10 bits per heavy atom. The van der Waals surface area contributed by atoms with Gasteiger partial charge >= 0.3 is 0 Å². The van der Waals surface area contributed by atoms with Crippen LogP contribution < -0.4 is 10.2 Å². The van der Waals surface area contributed by atoms with Crippen molar-refractivity contribution in [2.45, 2.75) is 43.8 Å². The molecular weight excluding hydrogens is 416 g/mol. The molecule has 2 aliphatic rings. The molecule has 2 atom stereocenters. The maximum absolute atomic E-state index is 10.7. The monoisotopic (exact) mass is 438 g/mol. The van der Waals surface area contributed by atoms with Gasteiger partial charge in [0.05, 0.1) is 17.4 Å². The molecule has 5 nitrogen and oxygen atoms in total. The Morgan fingerprint density at radius 3 is 2.70 bits per heavy atom. The minimum atomic E-state index is -0.160. The summed E-state index contributed by atoms with van der Waals surface area (Å²) in [7, 11) is 0. The standard InChI is InChI=1S/C23H23ClN4OS/c24-15-10-11-20(29)19(14-15)28-22(18-9-5-13-27(18)16-6-1-2-7-16)21(26-23(28)30)17-8-3-4-12-25-17/h3-5,8-14,16,21-22,29H,1-2,6-7H2,(H,26,30)/t21-,22-/m0/s1. The van der Waals surface area contributed by atoms with Crippen LogP contribution in [0.25, 0.3) is 0 Å². The molecule has 0 spiro atoms. The summed E-state index contributed by atoms with van der Waals surface area (Å²) in [4.78, 5) is 6.59. The first kappa shape index (κ1) is 19.4.